The predicted octanol–water partition coefficient (Wildman–Crippen LogP) is 2.89. The van der Waals surface area contributed by atoms with E-state index in [0.717, 1.165) is 25.9 Å². The van der Waals surface area contributed by atoms with Gasteiger partial charge < -0.3 is 4.90 Å². The van der Waals surface area contributed by atoms with E-state index in [4.69, 9.17) is 0 Å². The average Bonchev–Trinajstić information content (AvgIpc) is 2.73. The second-order valence-corrected chi connectivity index (χ2v) is 7.44. The number of pyridine rings is 1. The summed E-state index contributed by atoms with van der Waals surface area (Å²) < 4.78 is 1.55. The van der Waals surface area contributed by atoms with Crippen molar-refractivity contribution in [2.24, 2.45) is 0 Å². The highest BCUT2D eigenvalue weighted by atomic mass is 32.2. The molecule has 27 heavy (non-hydrogen) atoms. The first kappa shape index (κ1) is 17.7. The van der Waals surface area contributed by atoms with Crippen molar-refractivity contribution >= 4 is 28.6 Å². The van der Waals surface area contributed by atoms with E-state index in [9.17, 15) is 9.59 Å². The maximum absolute atomic E-state index is 13.1. The van der Waals surface area contributed by atoms with Crippen molar-refractivity contribution in [1.82, 2.24) is 19.4 Å². The lowest BCUT2D eigenvalue weighted by atomic mass is 10.1. The summed E-state index contributed by atoms with van der Waals surface area (Å²) in [5, 5.41) is 1.06. The third kappa shape index (κ3) is 3.73. The largest absolute Gasteiger partial charge is 0.342 e. The molecule has 0 spiro atoms. The molecule has 2 aromatic heterocycles. The van der Waals surface area contributed by atoms with E-state index < -0.39 is 0 Å². The van der Waals surface area contributed by atoms with Crippen LogP contribution in [0.5, 0.6) is 0 Å². The summed E-state index contributed by atoms with van der Waals surface area (Å²) in [5.74, 6) is 0.366. The van der Waals surface area contributed by atoms with Crippen LogP contribution in [0.4, 0.5) is 0 Å². The molecule has 1 aromatic carbocycles. The number of likely N-dealkylation sites (tertiary alicyclic amines) is 1. The standard InChI is InChI=1S/C20H20N4O2S/c25-18(23-11-4-1-5-12-23)14-27-20-22-17-9-3-2-8-16(17)19(26)24(20)15-7-6-10-21-13-15/h2-3,6-10,13H,1,4-5,11-12,14H2. The second-order valence-electron chi connectivity index (χ2n) is 6.49. The van der Waals surface area contributed by atoms with Crippen LogP contribution in [0.15, 0.2) is 58.7 Å². The van der Waals surface area contributed by atoms with Gasteiger partial charge in [-0.05, 0) is 43.5 Å². The first-order chi connectivity index (χ1) is 13.2. The number of thioether (sulfide) groups is 1. The van der Waals surface area contributed by atoms with Crippen LogP contribution < -0.4 is 5.56 Å². The number of amides is 1. The molecule has 1 aliphatic rings. The number of benzene rings is 1. The quantitative estimate of drug-likeness (QED) is 0.514. The summed E-state index contributed by atoms with van der Waals surface area (Å²) in [4.78, 5) is 36.3. The number of fused-ring (bicyclic) bond motifs is 1. The molecular formula is C20H20N4O2S. The Morgan fingerprint density at radius 1 is 1.07 bits per heavy atom. The van der Waals surface area contributed by atoms with Gasteiger partial charge in [-0.25, -0.2) is 4.98 Å². The Hall–Kier alpha value is -2.67. The molecule has 138 valence electrons. The van der Waals surface area contributed by atoms with Crippen LogP contribution in [0.1, 0.15) is 19.3 Å². The van der Waals surface area contributed by atoms with Gasteiger partial charge in [-0.15, -0.1) is 0 Å². The second kappa shape index (κ2) is 7.92. The van der Waals surface area contributed by atoms with E-state index in [1.54, 1.807) is 29.1 Å². The third-order valence-corrected chi connectivity index (χ3v) is 5.61. The van der Waals surface area contributed by atoms with Gasteiger partial charge in [0.05, 0.1) is 28.5 Å². The van der Waals surface area contributed by atoms with Crippen LogP contribution >= 0.6 is 11.8 Å². The lowest BCUT2D eigenvalue weighted by molar-refractivity contribution is -0.129. The lowest BCUT2D eigenvalue weighted by Crippen LogP contribution is -2.36. The van der Waals surface area contributed by atoms with Gasteiger partial charge in [-0.3, -0.25) is 19.1 Å². The average molecular weight is 380 g/mol. The van der Waals surface area contributed by atoms with E-state index in [0.29, 0.717) is 21.7 Å². The molecular weight excluding hydrogens is 360 g/mol. The molecule has 7 heteroatoms. The van der Waals surface area contributed by atoms with E-state index in [1.807, 2.05) is 29.2 Å². The molecule has 0 bridgehead atoms. The minimum Gasteiger partial charge on any atom is -0.342 e. The molecule has 0 aliphatic carbocycles. The van der Waals surface area contributed by atoms with Crippen molar-refractivity contribution < 1.29 is 4.79 Å². The van der Waals surface area contributed by atoms with E-state index in [2.05, 4.69) is 9.97 Å². The fraction of sp³-hybridized carbons (Fsp3) is 0.300. The van der Waals surface area contributed by atoms with Gasteiger partial charge in [0.1, 0.15) is 0 Å². The van der Waals surface area contributed by atoms with Crippen molar-refractivity contribution in [3.63, 3.8) is 0 Å². The van der Waals surface area contributed by atoms with Crippen LogP contribution in [-0.4, -0.2) is 44.2 Å². The van der Waals surface area contributed by atoms with E-state index >= 15 is 0 Å². The topological polar surface area (TPSA) is 68.1 Å². The number of piperidine rings is 1. The normalized spacial score (nSPS) is 14.4. The molecule has 3 heterocycles. The number of nitrogens with zero attached hydrogens (tertiary/aromatic N) is 4. The van der Waals surface area contributed by atoms with Crippen molar-refractivity contribution in [3.8, 4) is 5.69 Å². The number of hydrogen-bond acceptors (Lipinski definition) is 5. The zero-order valence-corrected chi connectivity index (χ0v) is 15.7. The van der Waals surface area contributed by atoms with Crippen molar-refractivity contribution in [3.05, 3.63) is 59.1 Å². The van der Waals surface area contributed by atoms with Crippen LogP contribution in [0.2, 0.25) is 0 Å². The monoisotopic (exact) mass is 380 g/mol. The number of carbonyl (C=O) groups excluding carboxylic acids is 1. The molecule has 0 atom stereocenters. The molecule has 0 saturated carbocycles. The molecule has 6 nitrogen and oxygen atoms in total. The molecule has 0 N–H and O–H groups in total. The molecule has 3 aromatic rings. The fourth-order valence-corrected chi connectivity index (χ4v) is 4.20. The Morgan fingerprint density at radius 3 is 2.67 bits per heavy atom. The van der Waals surface area contributed by atoms with E-state index in [-0.39, 0.29) is 17.2 Å². The van der Waals surface area contributed by atoms with Gasteiger partial charge >= 0.3 is 0 Å². The van der Waals surface area contributed by atoms with Gasteiger partial charge in [-0.1, -0.05) is 23.9 Å². The Bertz CT molecular complexity index is 1010. The van der Waals surface area contributed by atoms with Gasteiger partial charge in [0.25, 0.3) is 5.56 Å². The van der Waals surface area contributed by atoms with E-state index in [1.165, 1.54) is 18.2 Å². The Kier molecular flexibility index (Phi) is 5.20. The molecule has 1 saturated heterocycles. The maximum atomic E-state index is 13.1. The highest BCUT2D eigenvalue weighted by molar-refractivity contribution is 7.99. The zero-order valence-electron chi connectivity index (χ0n) is 14.9. The molecule has 4 rings (SSSR count). The Labute approximate surface area is 161 Å². The SMILES string of the molecule is O=C(CSc1nc2ccccc2c(=O)n1-c1cccnc1)N1CCCCC1. The Balaban J connectivity index is 1.70. The first-order valence-electron chi connectivity index (χ1n) is 9.07. The number of aromatic nitrogens is 3. The van der Waals surface area contributed by atoms with Crippen LogP contribution in [0.25, 0.3) is 16.6 Å². The zero-order chi connectivity index (χ0) is 18.6. The number of rotatable bonds is 4. The van der Waals surface area contributed by atoms with Gasteiger partial charge in [0.2, 0.25) is 5.91 Å². The summed E-state index contributed by atoms with van der Waals surface area (Å²) in [6.45, 7) is 1.64. The summed E-state index contributed by atoms with van der Waals surface area (Å²) in [6, 6.07) is 10.9. The minimum absolute atomic E-state index is 0.0971. The summed E-state index contributed by atoms with van der Waals surface area (Å²) in [7, 11) is 0. The van der Waals surface area contributed by atoms with Crippen molar-refractivity contribution in [1.29, 1.82) is 0 Å². The molecule has 0 unspecified atom stereocenters. The fourth-order valence-electron chi connectivity index (χ4n) is 3.28. The van der Waals surface area contributed by atoms with Crippen molar-refractivity contribution in [2.45, 2.75) is 24.4 Å². The number of carbonyl (C=O) groups is 1. The highest BCUT2D eigenvalue weighted by Crippen LogP contribution is 2.22. The van der Waals surface area contributed by atoms with Gasteiger partial charge in [0.15, 0.2) is 5.16 Å². The Morgan fingerprint density at radius 2 is 1.89 bits per heavy atom. The van der Waals surface area contributed by atoms with Gasteiger partial charge in [0, 0.05) is 19.3 Å². The number of para-hydroxylation sites is 1. The lowest BCUT2D eigenvalue weighted by Gasteiger charge is -2.26. The summed E-state index contributed by atoms with van der Waals surface area (Å²) in [6.07, 6.45) is 6.60. The van der Waals surface area contributed by atoms with Crippen molar-refractivity contribution in [2.75, 3.05) is 18.8 Å². The third-order valence-electron chi connectivity index (χ3n) is 4.68. The first-order valence-corrected chi connectivity index (χ1v) is 10.1. The predicted molar refractivity (Wildman–Crippen MR) is 106 cm³/mol. The van der Waals surface area contributed by atoms with Crippen LogP contribution in [0, 0.1) is 0 Å². The minimum atomic E-state index is -0.151. The maximum Gasteiger partial charge on any atom is 0.266 e. The van der Waals surface area contributed by atoms with Crippen LogP contribution in [-0.2, 0) is 4.79 Å². The van der Waals surface area contributed by atoms with Crippen LogP contribution in [0.3, 0.4) is 0 Å². The molecule has 1 amide bonds. The smallest absolute Gasteiger partial charge is 0.266 e. The van der Waals surface area contributed by atoms with Gasteiger partial charge in [-0.2, -0.15) is 0 Å². The highest BCUT2D eigenvalue weighted by Gasteiger charge is 2.19. The molecule has 1 fully saturated rings. The molecule has 1 aliphatic heterocycles. The summed E-state index contributed by atoms with van der Waals surface area (Å²) >= 11 is 1.31. The molecule has 0 radical (unpaired) electrons. The summed E-state index contributed by atoms with van der Waals surface area (Å²) in [5.41, 5.74) is 1.13. The number of hydrogen-bond donors (Lipinski definition) is 0.